The number of hydrogen-bond donors (Lipinski definition) is 1. The second kappa shape index (κ2) is 16.5. The number of rotatable bonds is 16. The number of carbonyl (C=O) groups is 2. The molecule has 1 saturated heterocycles. The Morgan fingerprint density at radius 3 is 2.20 bits per heavy atom. The van der Waals surface area contributed by atoms with E-state index in [-0.39, 0.29) is 29.8 Å². The number of aryl methyl sites for hydroxylation is 1. The number of carboxylic acid groups (broad SMARTS) is 1. The Labute approximate surface area is 262 Å². The second-order valence-corrected chi connectivity index (χ2v) is 12.7. The largest absolute Gasteiger partial charge is 0.492 e. The number of piperazine rings is 1. The summed E-state index contributed by atoms with van der Waals surface area (Å²) in [6, 6.07) is 14.7. The number of ether oxygens (including phenoxy) is 4. The van der Waals surface area contributed by atoms with E-state index in [1.165, 1.54) is 0 Å². The second-order valence-electron chi connectivity index (χ2n) is 12.7. The lowest BCUT2D eigenvalue weighted by atomic mass is 9.68. The Hall–Kier alpha value is -2.82. The maximum atomic E-state index is 13.3. The van der Waals surface area contributed by atoms with Gasteiger partial charge in [0.1, 0.15) is 24.7 Å². The van der Waals surface area contributed by atoms with Crippen LogP contribution in [0.25, 0.3) is 11.1 Å². The maximum absolute atomic E-state index is 13.3. The average Bonchev–Trinajstić information content (AvgIpc) is 2.98. The summed E-state index contributed by atoms with van der Waals surface area (Å²) in [7, 11) is 0. The molecule has 2 unspecified atom stereocenters. The highest BCUT2D eigenvalue weighted by atomic mass is 16.5. The number of aliphatic carboxylic acids is 1. The molecule has 9 heteroatoms. The van der Waals surface area contributed by atoms with Crippen molar-refractivity contribution < 1.29 is 33.6 Å². The molecule has 0 bridgehead atoms. The molecular weight excluding hydrogens is 560 g/mol. The molecule has 0 amide bonds. The minimum atomic E-state index is -0.964. The molecule has 44 heavy (non-hydrogen) atoms. The average molecular weight is 611 g/mol. The molecule has 1 heterocycles. The van der Waals surface area contributed by atoms with E-state index in [0.29, 0.717) is 39.5 Å². The van der Waals surface area contributed by atoms with Gasteiger partial charge in [0.05, 0.1) is 31.8 Å². The summed E-state index contributed by atoms with van der Waals surface area (Å²) < 4.78 is 22.7. The van der Waals surface area contributed by atoms with Gasteiger partial charge in [0.2, 0.25) is 0 Å². The maximum Gasteiger partial charge on any atom is 0.329 e. The van der Waals surface area contributed by atoms with Gasteiger partial charge in [-0.3, -0.25) is 14.6 Å². The number of benzene rings is 2. The molecule has 0 aromatic heterocycles. The molecule has 0 radical (unpaired) electrons. The Balaban J connectivity index is 1.21. The standard InChI is InChI=1S/C35H50N2O7/c1-5-43-32-24-35(3,4)23-31(38)34(32)30-22-28(7-6-26(30)2)27-8-10-29(11-9-27)44-19-17-37-14-12-36(13-15-37)16-18-41-20-21-42-25-33(39)40/h6-11,22,32,34H,5,12-21,23-25H2,1-4H3,(H,39,40). The van der Waals surface area contributed by atoms with Crippen molar-refractivity contribution in [3.63, 3.8) is 0 Å². The van der Waals surface area contributed by atoms with Crippen molar-refractivity contribution >= 4 is 11.8 Å². The molecule has 0 spiro atoms. The van der Waals surface area contributed by atoms with Crippen LogP contribution in [0.2, 0.25) is 0 Å². The lowest BCUT2D eigenvalue weighted by Crippen LogP contribution is -2.48. The normalized spacial score (nSPS) is 21.0. The molecule has 4 rings (SSSR count). The zero-order valence-corrected chi connectivity index (χ0v) is 26.9. The number of ketones is 1. The minimum absolute atomic E-state index is 0.0394. The predicted octanol–water partition coefficient (Wildman–Crippen LogP) is 4.65. The number of carboxylic acids is 1. The first-order valence-electron chi connectivity index (χ1n) is 16.0. The molecule has 1 aliphatic carbocycles. The fourth-order valence-electron chi connectivity index (χ4n) is 6.27. The molecular formula is C35H50N2O7. The van der Waals surface area contributed by atoms with Gasteiger partial charge in [-0.15, -0.1) is 0 Å². The van der Waals surface area contributed by atoms with E-state index >= 15 is 0 Å². The quantitative estimate of drug-likeness (QED) is 0.272. The first-order chi connectivity index (χ1) is 21.1. The van der Waals surface area contributed by atoms with Gasteiger partial charge >= 0.3 is 5.97 Å². The van der Waals surface area contributed by atoms with Crippen LogP contribution in [0.5, 0.6) is 5.75 Å². The third kappa shape index (κ3) is 10.1. The molecule has 242 valence electrons. The molecule has 2 aromatic rings. The first-order valence-corrected chi connectivity index (χ1v) is 16.0. The minimum Gasteiger partial charge on any atom is -0.492 e. The Morgan fingerprint density at radius 2 is 1.55 bits per heavy atom. The molecule has 2 atom stereocenters. The highest BCUT2D eigenvalue weighted by molar-refractivity contribution is 5.88. The van der Waals surface area contributed by atoms with Gasteiger partial charge in [-0.05, 0) is 60.1 Å². The smallest absolute Gasteiger partial charge is 0.329 e. The summed E-state index contributed by atoms with van der Waals surface area (Å²) in [5.74, 6) is -0.0617. The van der Waals surface area contributed by atoms with E-state index in [1.54, 1.807) is 0 Å². The number of Topliss-reactive ketones (excluding diaryl/α,β-unsaturated/α-hetero) is 1. The van der Waals surface area contributed by atoms with E-state index in [2.05, 4.69) is 60.9 Å². The van der Waals surface area contributed by atoms with Crippen LogP contribution in [0.3, 0.4) is 0 Å². The molecule has 9 nitrogen and oxygen atoms in total. The number of hydrogen-bond acceptors (Lipinski definition) is 8. The first kappa shape index (κ1) is 34.1. The van der Waals surface area contributed by atoms with Gasteiger partial charge in [0.15, 0.2) is 0 Å². The van der Waals surface area contributed by atoms with Crippen molar-refractivity contribution in [2.75, 3.05) is 78.9 Å². The SMILES string of the molecule is CCOC1CC(C)(C)CC(=O)C1c1cc(-c2ccc(OCCN3CCN(CCOCCOCC(=O)O)CC3)cc2)ccc1C. The Bertz CT molecular complexity index is 1210. The molecule has 1 aliphatic heterocycles. The Morgan fingerprint density at radius 1 is 0.909 bits per heavy atom. The summed E-state index contributed by atoms with van der Waals surface area (Å²) in [6.45, 7) is 16.4. The summed E-state index contributed by atoms with van der Waals surface area (Å²) in [4.78, 5) is 28.6. The van der Waals surface area contributed by atoms with Crippen molar-refractivity contribution in [3.8, 4) is 16.9 Å². The molecule has 1 saturated carbocycles. The summed E-state index contributed by atoms with van der Waals surface area (Å²) in [5.41, 5.74) is 4.37. The van der Waals surface area contributed by atoms with Crippen molar-refractivity contribution in [2.45, 2.75) is 52.6 Å². The third-order valence-corrected chi connectivity index (χ3v) is 8.60. The van der Waals surface area contributed by atoms with Crippen molar-refractivity contribution in [3.05, 3.63) is 53.6 Å². The predicted molar refractivity (Wildman–Crippen MR) is 170 cm³/mol. The van der Waals surface area contributed by atoms with Gasteiger partial charge in [0.25, 0.3) is 0 Å². The number of nitrogens with zero attached hydrogens (tertiary/aromatic N) is 2. The topological polar surface area (TPSA) is 97.8 Å². The molecule has 2 aromatic carbocycles. The Kier molecular flexibility index (Phi) is 12.8. The fourth-order valence-corrected chi connectivity index (χ4v) is 6.27. The van der Waals surface area contributed by atoms with E-state index in [1.807, 2.05) is 19.1 Å². The van der Waals surface area contributed by atoms with Gasteiger partial charge in [-0.2, -0.15) is 0 Å². The van der Waals surface area contributed by atoms with E-state index in [4.69, 9.17) is 24.1 Å². The van der Waals surface area contributed by atoms with Crippen LogP contribution in [0.15, 0.2) is 42.5 Å². The van der Waals surface area contributed by atoms with Crippen LogP contribution in [-0.4, -0.2) is 112 Å². The summed E-state index contributed by atoms with van der Waals surface area (Å²) in [6.07, 6.45) is 1.37. The van der Waals surface area contributed by atoms with Crippen molar-refractivity contribution in [1.29, 1.82) is 0 Å². The van der Waals surface area contributed by atoms with Gasteiger partial charge in [-0.1, -0.05) is 44.2 Å². The van der Waals surface area contributed by atoms with Crippen molar-refractivity contribution in [2.24, 2.45) is 5.41 Å². The number of carbonyl (C=O) groups excluding carboxylic acids is 1. The molecule has 1 N–H and O–H groups in total. The van der Waals surface area contributed by atoms with Crippen LogP contribution >= 0.6 is 0 Å². The van der Waals surface area contributed by atoms with E-state index in [0.717, 1.165) is 73.7 Å². The fraction of sp³-hybridized carbons (Fsp3) is 0.600. The van der Waals surface area contributed by atoms with Crippen molar-refractivity contribution in [1.82, 2.24) is 9.80 Å². The van der Waals surface area contributed by atoms with E-state index in [9.17, 15) is 9.59 Å². The molecule has 2 fully saturated rings. The van der Waals surface area contributed by atoms with Gasteiger partial charge in [0, 0.05) is 52.3 Å². The highest BCUT2D eigenvalue weighted by Gasteiger charge is 2.42. The highest BCUT2D eigenvalue weighted by Crippen LogP contribution is 2.43. The van der Waals surface area contributed by atoms with Crippen LogP contribution in [0, 0.1) is 12.3 Å². The molecule has 2 aliphatic rings. The van der Waals surface area contributed by atoms with E-state index < -0.39 is 5.97 Å². The van der Waals surface area contributed by atoms with Crippen LogP contribution in [0.1, 0.15) is 50.7 Å². The van der Waals surface area contributed by atoms with Crippen LogP contribution in [-0.2, 0) is 23.8 Å². The van der Waals surface area contributed by atoms with Crippen LogP contribution in [0.4, 0.5) is 0 Å². The van der Waals surface area contributed by atoms with Crippen LogP contribution < -0.4 is 4.74 Å². The lowest BCUT2D eigenvalue weighted by Gasteiger charge is -2.40. The third-order valence-electron chi connectivity index (χ3n) is 8.60. The van der Waals surface area contributed by atoms with Gasteiger partial charge < -0.3 is 24.1 Å². The zero-order chi connectivity index (χ0) is 31.5. The lowest BCUT2D eigenvalue weighted by molar-refractivity contribution is -0.142. The van der Waals surface area contributed by atoms with Gasteiger partial charge in [-0.25, -0.2) is 4.79 Å². The monoisotopic (exact) mass is 610 g/mol. The summed E-state index contributed by atoms with van der Waals surface area (Å²) in [5, 5.41) is 8.56. The zero-order valence-electron chi connectivity index (χ0n) is 26.9. The summed E-state index contributed by atoms with van der Waals surface area (Å²) >= 11 is 0.